The van der Waals surface area contributed by atoms with Gasteiger partial charge in [-0.05, 0) is 44.9 Å². The van der Waals surface area contributed by atoms with Crippen molar-refractivity contribution < 1.29 is 9.21 Å². The minimum atomic E-state index is -0.175. The topological polar surface area (TPSA) is 42.2 Å². The Hall–Kier alpha value is -2.55. The van der Waals surface area contributed by atoms with Crippen molar-refractivity contribution in [3.63, 3.8) is 0 Å². The highest BCUT2D eigenvalue weighted by Crippen LogP contribution is 2.26. The summed E-state index contributed by atoms with van der Waals surface area (Å²) >= 11 is 0. The first-order valence-electron chi connectivity index (χ1n) is 7.83. The van der Waals surface area contributed by atoms with E-state index < -0.39 is 0 Å². The summed E-state index contributed by atoms with van der Waals surface area (Å²) in [7, 11) is 0. The lowest BCUT2D eigenvalue weighted by Crippen LogP contribution is -2.27. The Labute approximate surface area is 136 Å². The summed E-state index contributed by atoms with van der Waals surface area (Å²) in [6, 6.07) is 13.9. The highest BCUT2D eigenvalue weighted by Gasteiger charge is 2.20. The minimum absolute atomic E-state index is 0.0734. The summed E-state index contributed by atoms with van der Waals surface area (Å²) in [6.45, 7) is 8.05. The number of nitrogens with one attached hydrogen (secondary N) is 1. The van der Waals surface area contributed by atoms with Gasteiger partial charge in [0.25, 0.3) is 5.91 Å². The Morgan fingerprint density at radius 2 is 1.83 bits per heavy atom. The second-order valence-corrected chi connectivity index (χ2v) is 6.11. The van der Waals surface area contributed by atoms with Crippen LogP contribution in [0.25, 0.3) is 11.0 Å². The normalized spacial score (nSPS) is 12.3. The third-order valence-electron chi connectivity index (χ3n) is 4.29. The number of rotatable bonds is 3. The third-order valence-corrected chi connectivity index (χ3v) is 4.29. The molecule has 0 aliphatic rings. The molecular weight excluding hydrogens is 286 g/mol. The van der Waals surface area contributed by atoms with Gasteiger partial charge in [-0.25, -0.2) is 0 Å². The van der Waals surface area contributed by atoms with Crippen LogP contribution >= 0.6 is 0 Å². The fourth-order valence-corrected chi connectivity index (χ4v) is 3.04. The van der Waals surface area contributed by atoms with E-state index in [1.807, 2.05) is 38.1 Å². The predicted molar refractivity (Wildman–Crippen MR) is 92.7 cm³/mol. The van der Waals surface area contributed by atoms with Gasteiger partial charge in [-0.1, -0.05) is 42.0 Å². The maximum atomic E-state index is 12.6. The average Bonchev–Trinajstić information content (AvgIpc) is 2.85. The number of para-hydroxylation sites is 1. The predicted octanol–water partition coefficient (Wildman–Crippen LogP) is 4.85. The van der Waals surface area contributed by atoms with Crippen molar-refractivity contribution in [1.29, 1.82) is 0 Å². The second kappa shape index (κ2) is 5.92. The lowest BCUT2D eigenvalue weighted by atomic mass is 10.00. The first-order valence-corrected chi connectivity index (χ1v) is 7.83. The smallest absolute Gasteiger partial charge is 0.287 e. The Balaban J connectivity index is 1.86. The van der Waals surface area contributed by atoms with Crippen LogP contribution in [0.3, 0.4) is 0 Å². The van der Waals surface area contributed by atoms with Gasteiger partial charge in [0.15, 0.2) is 5.76 Å². The summed E-state index contributed by atoms with van der Waals surface area (Å²) in [5, 5.41) is 4.03. The number of carbonyl (C=O) groups excluding carboxylic acids is 1. The molecule has 1 heterocycles. The Bertz CT molecular complexity index is 876. The molecule has 3 aromatic rings. The van der Waals surface area contributed by atoms with Crippen LogP contribution < -0.4 is 5.32 Å². The molecule has 23 heavy (non-hydrogen) atoms. The number of amides is 1. The first kappa shape index (κ1) is 15.3. The second-order valence-electron chi connectivity index (χ2n) is 6.11. The first-order chi connectivity index (χ1) is 11.0. The average molecular weight is 307 g/mol. The maximum absolute atomic E-state index is 12.6. The molecule has 1 N–H and O–H groups in total. The van der Waals surface area contributed by atoms with Crippen LogP contribution in [0.5, 0.6) is 0 Å². The molecule has 0 bridgehead atoms. The number of fused-ring (bicyclic) bond motifs is 1. The summed E-state index contributed by atoms with van der Waals surface area (Å²) in [5.41, 5.74) is 5.15. The lowest BCUT2D eigenvalue weighted by molar-refractivity contribution is 0.0913. The summed E-state index contributed by atoms with van der Waals surface area (Å²) in [4.78, 5) is 12.6. The number of hydrogen-bond acceptors (Lipinski definition) is 2. The van der Waals surface area contributed by atoms with Crippen molar-refractivity contribution >= 4 is 16.9 Å². The number of furan rings is 1. The third kappa shape index (κ3) is 2.87. The van der Waals surface area contributed by atoms with Crippen molar-refractivity contribution in [2.45, 2.75) is 33.7 Å². The molecule has 0 saturated carbocycles. The number of benzene rings is 2. The van der Waals surface area contributed by atoms with Gasteiger partial charge in [0.05, 0.1) is 6.04 Å². The van der Waals surface area contributed by atoms with Crippen LogP contribution in [0.2, 0.25) is 0 Å². The van der Waals surface area contributed by atoms with Crippen LogP contribution in [0.4, 0.5) is 0 Å². The van der Waals surface area contributed by atoms with Crippen LogP contribution in [0, 0.1) is 20.8 Å². The van der Waals surface area contributed by atoms with E-state index in [1.54, 1.807) is 0 Å². The van der Waals surface area contributed by atoms with E-state index >= 15 is 0 Å². The van der Waals surface area contributed by atoms with Gasteiger partial charge in [0, 0.05) is 10.9 Å². The van der Waals surface area contributed by atoms with Crippen molar-refractivity contribution in [2.24, 2.45) is 0 Å². The summed E-state index contributed by atoms with van der Waals surface area (Å²) in [5.74, 6) is 0.217. The molecule has 3 rings (SSSR count). The SMILES string of the molecule is Cc1ccc([C@H](C)NC(=O)c2oc3ccccc3c2C)c(C)c1. The fraction of sp³-hybridized carbons (Fsp3) is 0.250. The van der Waals surface area contributed by atoms with Crippen LogP contribution in [-0.2, 0) is 0 Å². The molecule has 0 unspecified atom stereocenters. The van der Waals surface area contributed by atoms with E-state index in [-0.39, 0.29) is 11.9 Å². The van der Waals surface area contributed by atoms with Gasteiger partial charge < -0.3 is 9.73 Å². The number of hydrogen-bond donors (Lipinski definition) is 1. The van der Waals surface area contributed by atoms with Crippen molar-refractivity contribution in [1.82, 2.24) is 5.32 Å². The monoisotopic (exact) mass is 307 g/mol. The molecule has 2 aromatic carbocycles. The highest BCUT2D eigenvalue weighted by atomic mass is 16.3. The zero-order chi connectivity index (χ0) is 16.6. The van der Waals surface area contributed by atoms with Crippen molar-refractivity contribution in [2.75, 3.05) is 0 Å². The molecule has 0 spiro atoms. The highest BCUT2D eigenvalue weighted by molar-refractivity contribution is 5.99. The summed E-state index contributed by atoms with van der Waals surface area (Å²) in [6.07, 6.45) is 0. The van der Waals surface area contributed by atoms with E-state index in [2.05, 4.69) is 37.4 Å². The Morgan fingerprint density at radius 1 is 1.09 bits per heavy atom. The fourth-order valence-electron chi connectivity index (χ4n) is 3.04. The maximum Gasteiger partial charge on any atom is 0.287 e. The molecular formula is C20H21NO2. The zero-order valence-corrected chi connectivity index (χ0v) is 13.9. The van der Waals surface area contributed by atoms with Gasteiger partial charge in [0.1, 0.15) is 5.58 Å². The van der Waals surface area contributed by atoms with E-state index in [1.165, 1.54) is 11.1 Å². The molecule has 1 aromatic heterocycles. The molecule has 1 amide bonds. The molecule has 3 nitrogen and oxygen atoms in total. The lowest BCUT2D eigenvalue weighted by Gasteiger charge is -2.16. The number of aryl methyl sites for hydroxylation is 3. The van der Waals surface area contributed by atoms with Gasteiger partial charge >= 0.3 is 0 Å². The van der Waals surface area contributed by atoms with Crippen LogP contribution in [0.1, 0.15) is 45.8 Å². The molecule has 0 radical (unpaired) electrons. The molecule has 0 saturated heterocycles. The molecule has 118 valence electrons. The van der Waals surface area contributed by atoms with E-state index in [4.69, 9.17) is 4.42 Å². The van der Waals surface area contributed by atoms with Crippen LogP contribution in [-0.4, -0.2) is 5.91 Å². The van der Waals surface area contributed by atoms with Gasteiger partial charge in [-0.2, -0.15) is 0 Å². The molecule has 1 atom stereocenters. The summed E-state index contributed by atoms with van der Waals surface area (Å²) < 4.78 is 5.73. The Morgan fingerprint density at radius 3 is 2.52 bits per heavy atom. The van der Waals surface area contributed by atoms with E-state index in [0.717, 1.165) is 22.1 Å². The van der Waals surface area contributed by atoms with E-state index in [0.29, 0.717) is 5.76 Å². The quantitative estimate of drug-likeness (QED) is 0.751. The number of carbonyl (C=O) groups is 1. The molecule has 3 heteroatoms. The van der Waals surface area contributed by atoms with Gasteiger partial charge in [-0.15, -0.1) is 0 Å². The Kier molecular flexibility index (Phi) is 3.95. The van der Waals surface area contributed by atoms with Crippen molar-refractivity contribution in [3.8, 4) is 0 Å². The molecule has 0 aliphatic heterocycles. The standard InChI is InChI=1S/C20H21NO2/c1-12-9-10-16(13(2)11-12)15(4)21-20(22)19-14(3)17-7-5-6-8-18(17)23-19/h5-11,15H,1-4H3,(H,21,22)/t15-/m0/s1. The van der Waals surface area contributed by atoms with Crippen LogP contribution in [0.15, 0.2) is 46.9 Å². The van der Waals surface area contributed by atoms with Gasteiger partial charge in [0.2, 0.25) is 0 Å². The minimum Gasteiger partial charge on any atom is -0.451 e. The van der Waals surface area contributed by atoms with Gasteiger partial charge in [-0.3, -0.25) is 4.79 Å². The van der Waals surface area contributed by atoms with E-state index in [9.17, 15) is 4.79 Å². The van der Waals surface area contributed by atoms with Crippen molar-refractivity contribution in [3.05, 3.63) is 70.5 Å². The molecule has 0 aliphatic carbocycles. The molecule has 0 fully saturated rings. The largest absolute Gasteiger partial charge is 0.451 e. The zero-order valence-electron chi connectivity index (χ0n) is 13.9.